The fourth-order valence-corrected chi connectivity index (χ4v) is 2.55. The molecule has 0 aliphatic rings. The highest BCUT2D eigenvalue weighted by Crippen LogP contribution is 2.22. The van der Waals surface area contributed by atoms with Gasteiger partial charge in [0.2, 0.25) is 0 Å². The van der Waals surface area contributed by atoms with Crippen molar-refractivity contribution in [3.8, 4) is 6.07 Å². The molecule has 3 aromatic rings. The number of nitrogens with zero attached hydrogens (tertiary/aromatic N) is 2. The van der Waals surface area contributed by atoms with Gasteiger partial charge in [0, 0.05) is 11.3 Å². The number of nitriles is 1. The first-order valence-electron chi connectivity index (χ1n) is 5.91. The van der Waals surface area contributed by atoms with E-state index in [0.29, 0.717) is 11.1 Å². The lowest BCUT2D eigenvalue weighted by Crippen LogP contribution is -2.11. The SMILES string of the molecule is N#Cc1ccc(C(=O)Nc2ccc3ncsc3c2)cc1. The minimum Gasteiger partial charge on any atom is -0.322 e. The lowest BCUT2D eigenvalue weighted by Gasteiger charge is -2.05. The molecule has 20 heavy (non-hydrogen) atoms. The van der Waals surface area contributed by atoms with Gasteiger partial charge in [-0.05, 0) is 42.5 Å². The monoisotopic (exact) mass is 279 g/mol. The van der Waals surface area contributed by atoms with Crippen LogP contribution in [0.15, 0.2) is 48.0 Å². The smallest absolute Gasteiger partial charge is 0.255 e. The average molecular weight is 279 g/mol. The van der Waals surface area contributed by atoms with Gasteiger partial charge in [0.25, 0.3) is 5.91 Å². The average Bonchev–Trinajstić information content (AvgIpc) is 2.95. The first-order chi connectivity index (χ1) is 9.76. The number of aromatic nitrogens is 1. The molecule has 0 saturated heterocycles. The molecule has 1 aromatic heterocycles. The number of carbonyl (C=O) groups is 1. The summed E-state index contributed by atoms with van der Waals surface area (Å²) in [6.07, 6.45) is 0. The molecule has 4 nitrogen and oxygen atoms in total. The lowest BCUT2D eigenvalue weighted by molar-refractivity contribution is 0.102. The minimum atomic E-state index is -0.196. The summed E-state index contributed by atoms with van der Waals surface area (Å²) in [7, 11) is 0. The van der Waals surface area contributed by atoms with Gasteiger partial charge in [0.15, 0.2) is 0 Å². The number of amides is 1. The summed E-state index contributed by atoms with van der Waals surface area (Å²) >= 11 is 1.53. The summed E-state index contributed by atoms with van der Waals surface area (Å²) in [4.78, 5) is 16.3. The molecule has 3 rings (SSSR count). The standard InChI is InChI=1S/C15H9N3OS/c16-8-10-1-3-11(4-2-10)15(19)18-12-5-6-13-14(7-12)20-9-17-13/h1-7,9H,(H,18,19). The van der Waals surface area contributed by atoms with E-state index in [4.69, 9.17) is 5.26 Å². The third-order valence-electron chi connectivity index (χ3n) is 2.87. The van der Waals surface area contributed by atoms with Crippen molar-refractivity contribution in [3.05, 3.63) is 59.1 Å². The van der Waals surface area contributed by atoms with E-state index in [1.165, 1.54) is 11.3 Å². The number of hydrogen-bond acceptors (Lipinski definition) is 4. The summed E-state index contributed by atoms with van der Waals surface area (Å²) in [6, 6.07) is 14.1. The molecule has 0 atom stereocenters. The Labute approximate surface area is 119 Å². The third kappa shape index (κ3) is 2.37. The predicted octanol–water partition coefficient (Wildman–Crippen LogP) is 3.42. The van der Waals surface area contributed by atoms with Crippen LogP contribution in [0.25, 0.3) is 10.2 Å². The van der Waals surface area contributed by atoms with E-state index < -0.39 is 0 Å². The maximum Gasteiger partial charge on any atom is 0.255 e. The highest BCUT2D eigenvalue weighted by Gasteiger charge is 2.07. The minimum absolute atomic E-state index is 0.196. The van der Waals surface area contributed by atoms with Crippen LogP contribution in [0.1, 0.15) is 15.9 Å². The van der Waals surface area contributed by atoms with Crippen LogP contribution < -0.4 is 5.32 Å². The van der Waals surface area contributed by atoms with Gasteiger partial charge in [-0.15, -0.1) is 11.3 Å². The molecule has 1 amide bonds. The number of rotatable bonds is 2. The molecule has 0 aliphatic carbocycles. The number of benzene rings is 2. The van der Waals surface area contributed by atoms with E-state index >= 15 is 0 Å². The number of fused-ring (bicyclic) bond motifs is 1. The van der Waals surface area contributed by atoms with Crippen molar-refractivity contribution in [3.63, 3.8) is 0 Å². The molecule has 1 heterocycles. The molecular weight excluding hydrogens is 270 g/mol. The molecule has 0 saturated carbocycles. The topological polar surface area (TPSA) is 65.8 Å². The van der Waals surface area contributed by atoms with Gasteiger partial charge in [0.1, 0.15) is 0 Å². The zero-order valence-corrected chi connectivity index (χ0v) is 11.1. The van der Waals surface area contributed by atoms with Crippen molar-refractivity contribution in [1.29, 1.82) is 5.26 Å². The highest BCUT2D eigenvalue weighted by molar-refractivity contribution is 7.16. The normalized spacial score (nSPS) is 10.2. The van der Waals surface area contributed by atoms with Crippen LogP contribution in [-0.4, -0.2) is 10.9 Å². The summed E-state index contributed by atoms with van der Waals surface area (Å²) in [5, 5.41) is 11.6. The van der Waals surface area contributed by atoms with Gasteiger partial charge in [-0.2, -0.15) is 5.26 Å². The van der Waals surface area contributed by atoms with Gasteiger partial charge in [-0.25, -0.2) is 4.98 Å². The Morgan fingerprint density at radius 2 is 2.00 bits per heavy atom. The summed E-state index contributed by atoms with van der Waals surface area (Å²) in [5.41, 5.74) is 4.49. The van der Waals surface area contributed by atoms with Crippen LogP contribution in [0.5, 0.6) is 0 Å². The molecule has 2 aromatic carbocycles. The molecule has 0 aliphatic heterocycles. The molecule has 96 valence electrons. The summed E-state index contributed by atoms with van der Waals surface area (Å²) in [6.45, 7) is 0. The first-order valence-corrected chi connectivity index (χ1v) is 6.79. The van der Waals surface area contributed by atoms with Gasteiger partial charge in [-0.3, -0.25) is 4.79 Å². The van der Waals surface area contributed by atoms with E-state index in [1.807, 2.05) is 24.3 Å². The zero-order chi connectivity index (χ0) is 13.9. The van der Waals surface area contributed by atoms with E-state index in [-0.39, 0.29) is 5.91 Å². The fourth-order valence-electron chi connectivity index (χ4n) is 1.83. The van der Waals surface area contributed by atoms with Crippen LogP contribution in [0.4, 0.5) is 5.69 Å². The number of hydrogen-bond donors (Lipinski definition) is 1. The number of carbonyl (C=O) groups excluding carboxylic acids is 1. The Kier molecular flexibility index (Phi) is 3.15. The first kappa shape index (κ1) is 12.3. The lowest BCUT2D eigenvalue weighted by atomic mass is 10.1. The van der Waals surface area contributed by atoms with Crippen molar-refractivity contribution >= 4 is 33.1 Å². The Balaban J connectivity index is 1.82. The van der Waals surface area contributed by atoms with Gasteiger partial charge in [-0.1, -0.05) is 0 Å². The van der Waals surface area contributed by atoms with E-state index in [0.717, 1.165) is 15.9 Å². The fraction of sp³-hybridized carbons (Fsp3) is 0. The van der Waals surface area contributed by atoms with E-state index in [2.05, 4.69) is 10.3 Å². The molecule has 5 heteroatoms. The molecule has 0 bridgehead atoms. The Hall–Kier alpha value is -2.71. The number of anilines is 1. The molecule has 0 unspecified atom stereocenters. The number of nitrogens with one attached hydrogen (secondary N) is 1. The van der Waals surface area contributed by atoms with Gasteiger partial charge in [0.05, 0.1) is 27.4 Å². The molecule has 0 fully saturated rings. The van der Waals surface area contributed by atoms with E-state index in [1.54, 1.807) is 29.8 Å². The van der Waals surface area contributed by atoms with Gasteiger partial charge >= 0.3 is 0 Å². The van der Waals surface area contributed by atoms with Crippen molar-refractivity contribution in [1.82, 2.24) is 4.98 Å². The van der Waals surface area contributed by atoms with Crippen LogP contribution >= 0.6 is 11.3 Å². The predicted molar refractivity (Wildman–Crippen MR) is 78.7 cm³/mol. The Bertz CT molecular complexity index is 815. The molecule has 0 radical (unpaired) electrons. The van der Waals surface area contributed by atoms with Gasteiger partial charge < -0.3 is 5.32 Å². The van der Waals surface area contributed by atoms with Crippen molar-refractivity contribution in [2.24, 2.45) is 0 Å². The zero-order valence-electron chi connectivity index (χ0n) is 10.3. The second-order valence-corrected chi connectivity index (χ2v) is 5.06. The van der Waals surface area contributed by atoms with Crippen molar-refractivity contribution < 1.29 is 4.79 Å². The molecule has 1 N–H and O–H groups in total. The van der Waals surface area contributed by atoms with Crippen molar-refractivity contribution in [2.45, 2.75) is 0 Å². The van der Waals surface area contributed by atoms with Crippen LogP contribution in [0.2, 0.25) is 0 Å². The van der Waals surface area contributed by atoms with Crippen molar-refractivity contribution in [2.75, 3.05) is 5.32 Å². The number of thiazole rings is 1. The summed E-state index contributed by atoms with van der Waals surface area (Å²) < 4.78 is 1.03. The third-order valence-corrected chi connectivity index (χ3v) is 3.66. The quantitative estimate of drug-likeness (QED) is 0.781. The summed E-state index contributed by atoms with van der Waals surface area (Å²) in [5.74, 6) is -0.196. The Morgan fingerprint density at radius 3 is 2.75 bits per heavy atom. The largest absolute Gasteiger partial charge is 0.322 e. The second kappa shape index (κ2) is 5.11. The maximum absolute atomic E-state index is 12.1. The molecule has 0 spiro atoms. The molecular formula is C15H9N3OS. The Morgan fingerprint density at radius 1 is 1.20 bits per heavy atom. The van der Waals surface area contributed by atoms with E-state index in [9.17, 15) is 4.79 Å². The maximum atomic E-state index is 12.1. The van der Waals surface area contributed by atoms with Crippen LogP contribution in [0.3, 0.4) is 0 Å². The highest BCUT2D eigenvalue weighted by atomic mass is 32.1. The second-order valence-electron chi connectivity index (χ2n) is 4.18. The van der Waals surface area contributed by atoms with Crippen LogP contribution in [0, 0.1) is 11.3 Å². The van der Waals surface area contributed by atoms with Crippen LogP contribution in [-0.2, 0) is 0 Å².